The van der Waals surface area contributed by atoms with Crippen LogP contribution < -0.4 is 10.1 Å². The molecule has 36 heavy (non-hydrogen) atoms. The number of halogens is 1. The molecule has 0 bridgehead atoms. The summed E-state index contributed by atoms with van der Waals surface area (Å²) in [6.07, 6.45) is 1.76. The summed E-state index contributed by atoms with van der Waals surface area (Å²) in [5, 5.41) is 15.2. The molecule has 0 aliphatic carbocycles. The molecular formula is C26H26ClN5O2S2. The minimum atomic E-state index is -0.163. The predicted octanol–water partition coefficient (Wildman–Crippen LogP) is 6.48. The van der Waals surface area contributed by atoms with Gasteiger partial charge in [-0.1, -0.05) is 41.6 Å². The number of ether oxygens (including phenoxy) is 1. The molecule has 0 atom stereocenters. The molecule has 186 valence electrons. The second-order valence-corrected chi connectivity index (χ2v) is 10.4. The summed E-state index contributed by atoms with van der Waals surface area (Å²) in [5.41, 5.74) is 5.26. The molecule has 1 amide bonds. The monoisotopic (exact) mass is 539 g/mol. The van der Waals surface area contributed by atoms with Gasteiger partial charge in [0.05, 0.1) is 11.4 Å². The SMILES string of the molecule is C=CCn1c(COc2ccc(Cl)c(C)c2)nnc1SCC(=O)Nc1nc(-c2ccc(C)c(C)c2)cs1. The van der Waals surface area contributed by atoms with Crippen molar-refractivity contribution in [2.75, 3.05) is 11.1 Å². The van der Waals surface area contributed by atoms with E-state index in [0.717, 1.165) is 16.8 Å². The number of thioether (sulfide) groups is 1. The van der Waals surface area contributed by atoms with Gasteiger partial charge in [0.15, 0.2) is 16.1 Å². The number of thiazole rings is 1. The summed E-state index contributed by atoms with van der Waals surface area (Å²) in [6, 6.07) is 11.7. The van der Waals surface area contributed by atoms with Crippen molar-refractivity contribution in [3.05, 3.63) is 82.0 Å². The average molecular weight is 540 g/mol. The maximum atomic E-state index is 12.6. The van der Waals surface area contributed by atoms with E-state index in [9.17, 15) is 4.79 Å². The summed E-state index contributed by atoms with van der Waals surface area (Å²) >= 11 is 8.79. The Hall–Kier alpha value is -3.14. The molecule has 0 saturated carbocycles. The average Bonchev–Trinajstić information content (AvgIpc) is 3.47. The zero-order valence-electron chi connectivity index (χ0n) is 20.2. The zero-order valence-corrected chi connectivity index (χ0v) is 22.6. The molecule has 2 aromatic carbocycles. The number of hydrogen-bond donors (Lipinski definition) is 1. The van der Waals surface area contributed by atoms with E-state index in [-0.39, 0.29) is 18.3 Å². The van der Waals surface area contributed by atoms with Crippen molar-refractivity contribution in [1.82, 2.24) is 19.7 Å². The number of rotatable bonds is 10. The van der Waals surface area contributed by atoms with E-state index in [2.05, 4.69) is 53.1 Å². The first kappa shape index (κ1) is 25.9. The Bertz CT molecular complexity index is 1400. The lowest BCUT2D eigenvalue weighted by molar-refractivity contribution is -0.113. The molecule has 2 aromatic heterocycles. The number of carbonyl (C=O) groups excluding carboxylic acids is 1. The van der Waals surface area contributed by atoms with Gasteiger partial charge in [0.1, 0.15) is 12.4 Å². The Kier molecular flexibility index (Phi) is 8.45. The molecule has 0 fully saturated rings. The van der Waals surface area contributed by atoms with Crippen molar-refractivity contribution in [1.29, 1.82) is 0 Å². The summed E-state index contributed by atoms with van der Waals surface area (Å²) in [4.78, 5) is 17.2. The number of nitrogens with one attached hydrogen (secondary N) is 1. The Morgan fingerprint density at radius 3 is 2.75 bits per heavy atom. The van der Waals surface area contributed by atoms with Crippen LogP contribution in [0.25, 0.3) is 11.3 Å². The highest BCUT2D eigenvalue weighted by Gasteiger charge is 2.15. The minimum Gasteiger partial charge on any atom is -0.486 e. The number of carbonyl (C=O) groups is 1. The van der Waals surface area contributed by atoms with Gasteiger partial charge in [-0.15, -0.1) is 28.1 Å². The lowest BCUT2D eigenvalue weighted by Crippen LogP contribution is -2.15. The quantitative estimate of drug-likeness (QED) is 0.183. The van der Waals surface area contributed by atoms with Crippen LogP contribution in [0.5, 0.6) is 5.75 Å². The molecule has 4 aromatic rings. The highest BCUT2D eigenvalue weighted by Crippen LogP contribution is 2.27. The Morgan fingerprint density at radius 1 is 1.17 bits per heavy atom. The maximum absolute atomic E-state index is 12.6. The summed E-state index contributed by atoms with van der Waals surface area (Å²) in [6.45, 7) is 10.6. The van der Waals surface area contributed by atoms with Crippen LogP contribution in [-0.2, 0) is 17.9 Å². The molecule has 0 radical (unpaired) electrons. The van der Waals surface area contributed by atoms with E-state index >= 15 is 0 Å². The van der Waals surface area contributed by atoms with Crippen molar-refractivity contribution in [2.45, 2.75) is 39.1 Å². The highest BCUT2D eigenvalue weighted by atomic mass is 35.5. The van der Waals surface area contributed by atoms with Gasteiger partial charge in [-0.05, 0) is 61.7 Å². The van der Waals surface area contributed by atoms with E-state index < -0.39 is 0 Å². The van der Waals surface area contributed by atoms with Gasteiger partial charge in [-0.3, -0.25) is 9.36 Å². The molecule has 2 heterocycles. The smallest absolute Gasteiger partial charge is 0.236 e. The number of allylic oxidation sites excluding steroid dienone is 1. The number of amides is 1. The lowest BCUT2D eigenvalue weighted by Gasteiger charge is -2.10. The fraction of sp³-hybridized carbons (Fsp3) is 0.231. The van der Waals surface area contributed by atoms with Gasteiger partial charge in [-0.2, -0.15) is 0 Å². The highest BCUT2D eigenvalue weighted by molar-refractivity contribution is 7.99. The number of benzene rings is 2. The van der Waals surface area contributed by atoms with Crippen LogP contribution in [0.3, 0.4) is 0 Å². The standard InChI is InChI=1S/C26H26ClN5O2S2/c1-5-10-32-23(13-34-20-8-9-21(27)18(4)12-20)30-31-26(32)36-15-24(33)29-25-28-22(14-35-25)19-7-6-16(2)17(3)11-19/h5-9,11-12,14H,1,10,13,15H2,2-4H3,(H,28,29,33). The van der Waals surface area contributed by atoms with Gasteiger partial charge < -0.3 is 10.1 Å². The molecule has 0 spiro atoms. The molecule has 0 unspecified atom stereocenters. The van der Waals surface area contributed by atoms with Crippen molar-refractivity contribution in [3.8, 4) is 17.0 Å². The fourth-order valence-electron chi connectivity index (χ4n) is 3.35. The lowest BCUT2D eigenvalue weighted by atomic mass is 10.1. The third-order valence-corrected chi connectivity index (χ3v) is 7.64. The van der Waals surface area contributed by atoms with Gasteiger partial charge in [0.2, 0.25) is 5.91 Å². The van der Waals surface area contributed by atoms with Crippen LogP contribution in [0.15, 0.2) is 59.6 Å². The number of nitrogens with zero attached hydrogens (tertiary/aromatic N) is 4. The number of aromatic nitrogens is 4. The van der Waals surface area contributed by atoms with Crippen molar-refractivity contribution in [3.63, 3.8) is 0 Å². The predicted molar refractivity (Wildman–Crippen MR) is 147 cm³/mol. The molecule has 0 saturated heterocycles. The molecule has 7 nitrogen and oxygen atoms in total. The Labute approximate surface area is 223 Å². The minimum absolute atomic E-state index is 0.163. The van der Waals surface area contributed by atoms with Crippen molar-refractivity contribution >= 4 is 45.7 Å². The fourth-order valence-corrected chi connectivity index (χ4v) is 4.97. The Morgan fingerprint density at radius 2 is 2.00 bits per heavy atom. The summed E-state index contributed by atoms with van der Waals surface area (Å²) in [5.74, 6) is 1.35. The van der Waals surface area contributed by atoms with Crippen LogP contribution in [0.1, 0.15) is 22.5 Å². The molecule has 0 aliphatic heterocycles. The normalized spacial score (nSPS) is 10.9. The van der Waals surface area contributed by atoms with Crippen molar-refractivity contribution < 1.29 is 9.53 Å². The summed E-state index contributed by atoms with van der Waals surface area (Å²) < 4.78 is 7.76. The van der Waals surface area contributed by atoms with Crippen LogP contribution >= 0.6 is 34.7 Å². The summed E-state index contributed by atoms with van der Waals surface area (Å²) in [7, 11) is 0. The third-order valence-electron chi connectivity index (χ3n) is 5.49. The molecule has 10 heteroatoms. The van der Waals surface area contributed by atoms with Gasteiger partial charge in [0, 0.05) is 22.5 Å². The van der Waals surface area contributed by atoms with Crippen LogP contribution in [0.4, 0.5) is 5.13 Å². The number of aryl methyl sites for hydroxylation is 3. The maximum Gasteiger partial charge on any atom is 0.236 e. The first-order chi connectivity index (χ1) is 17.3. The van der Waals surface area contributed by atoms with Gasteiger partial charge in [0.25, 0.3) is 0 Å². The van der Waals surface area contributed by atoms with Crippen LogP contribution in [0.2, 0.25) is 5.02 Å². The van der Waals surface area contributed by atoms with E-state index in [0.29, 0.717) is 33.4 Å². The molecule has 1 N–H and O–H groups in total. The third kappa shape index (κ3) is 6.34. The van der Waals surface area contributed by atoms with E-state index in [1.165, 1.54) is 34.2 Å². The van der Waals surface area contributed by atoms with E-state index in [1.807, 2.05) is 35.1 Å². The van der Waals surface area contributed by atoms with Crippen molar-refractivity contribution in [2.24, 2.45) is 0 Å². The van der Waals surface area contributed by atoms with E-state index in [4.69, 9.17) is 16.3 Å². The van der Waals surface area contributed by atoms with E-state index in [1.54, 1.807) is 12.1 Å². The first-order valence-corrected chi connectivity index (χ1v) is 13.5. The Balaban J connectivity index is 1.36. The van der Waals surface area contributed by atoms with Crippen LogP contribution in [-0.4, -0.2) is 31.4 Å². The molecule has 0 aliphatic rings. The van der Waals surface area contributed by atoms with Crippen LogP contribution in [0, 0.1) is 20.8 Å². The number of anilines is 1. The second-order valence-electron chi connectivity index (χ2n) is 8.17. The first-order valence-electron chi connectivity index (χ1n) is 11.2. The second kappa shape index (κ2) is 11.7. The molecular weight excluding hydrogens is 514 g/mol. The largest absolute Gasteiger partial charge is 0.486 e. The van der Waals surface area contributed by atoms with Gasteiger partial charge >= 0.3 is 0 Å². The topological polar surface area (TPSA) is 81.9 Å². The zero-order chi connectivity index (χ0) is 25.7. The molecule has 4 rings (SSSR count). The number of hydrogen-bond acceptors (Lipinski definition) is 7. The van der Waals surface area contributed by atoms with Gasteiger partial charge in [-0.25, -0.2) is 4.98 Å².